The third kappa shape index (κ3) is 5.52. The van der Waals surface area contributed by atoms with Crippen LogP contribution in [0.5, 0.6) is 11.5 Å². The summed E-state index contributed by atoms with van der Waals surface area (Å²) in [4.78, 5) is 16.9. The van der Waals surface area contributed by atoms with Crippen molar-refractivity contribution in [2.24, 2.45) is 0 Å². The summed E-state index contributed by atoms with van der Waals surface area (Å²) < 4.78 is 17.0. The van der Waals surface area contributed by atoms with Crippen molar-refractivity contribution in [1.29, 1.82) is 0 Å². The van der Waals surface area contributed by atoms with Gasteiger partial charge in [-0.25, -0.2) is 4.98 Å². The van der Waals surface area contributed by atoms with E-state index in [1.165, 1.54) is 5.56 Å². The standard InChI is InChI=1S/C27H28N2O4/c1-4-18(3)19-6-11-23(12-7-19)32-17-26(30)28-21-10-15-25-24(16-21)29-27(33-25)20-8-13-22(14-9-20)31-5-2/h6-16,18H,4-5,17H2,1-3H3,(H,28,30)/t18-/m1/s1. The number of nitrogens with one attached hydrogen (secondary N) is 1. The summed E-state index contributed by atoms with van der Waals surface area (Å²) in [6.45, 7) is 6.85. The molecule has 6 heteroatoms. The summed E-state index contributed by atoms with van der Waals surface area (Å²) in [6, 6.07) is 20.8. The van der Waals surface area contributed by atoms with Crippen LogP contribution in [-0.2, 0) is 4.79 Å². The van der Waals surface area contributed by atoms with Gasteiger partial charge in [0.25, 0.3) is 5.91 Å². The number of nitrogens with zero attached hydrogens (tertiary/aromatic N) is 1. The molecule has 0 aliphatic carbocycles. The average Bonchev–Trinajstić information content (AvgIpc) is 3.27. The maximum atomic E-state index is 12.4. The van der Waals surface area contributed by atoms with Crippen LogP contribution in [0.25, 0.3) is 22.6 Å². The van der Waals surface area contributed by atoms with Crippen molar-refractivity contribution in [3.63, 3.8) is 0 Å². The zero-order chi connectivity index (χ0) is 23.2. The molecular formula is C27H28N2O4. The maximum absolute atomic E-state index is 12.4. The fourth-order valence-corrected chi connectivity index (χ4v) is 3.46. The van der Waals surface area contributed by atoms with Gasteiger partial charge in [0.15, 0.2) is 12.2 Å². The molecule has 0 unspecified atom stereocenters. The first-order valence-corrected chi connectivity index (χ1v) is 11.2. The van der Waals surface area contributed by atoms with E-state index in [9.17, 15) is 4.79 Å². The summed E-state index contributed by atoms with van der Waals surface area (Å²) in [7, 11) is 0. The van der Waals surface area contributed by atoms with E-state index in [0.29, 0.717) is 41.0 Å². The van der Waals surface area contributed by atoms with Crippen LogP contribution in [0.3, 0.4) is 0 Å². The number of fused-ring (bicyclic) bond motifs is 1. The highest BCUT2D eigenvalue weighted by atomic mass is 16.5. The Morgan fingerprint density at radius 1 is 0.970 bits per heavy atom. The maximum Gasteiger partial charge on any atom is 0.262 e. The second-order valence-electron chi connectivity index (χ2n) is 7.87. The zero-order valence-corrected chi connectivity index (χ0v) is 19.1. The Morgan fingerprint density at radius 3 is 2.36 bits per heavy atom. The van der Waals surface area contributed by atoms with Gasteiger partial charge in [-0.3, -0.25) is 4.79 Å². The predicted octanol–water partition coefficient (Wildman–Crippen LogP) is 6.42. The molecule has 4 aromatic rings. The quantitative estimate of drug-likeness (QED) is 0.322. The summed E-state index contributed by atoms with van der Waals surface area (Å²) in [5.41, 5.74) is 4.07. The van der Waals surface area contributed by atoms with Crippen LogP contribution in [0.15, 0.2) is 71.1 Å². The van der Waals surface area contributed by atoms with Gasteiger partial charge in [0.05, 0.1) is 6.61 Å². The SMILES string of the molecule is CCOc1ccc(-c2nc3cc(NC(=O)COc4ccc([C@H](C)CC)cc4)ccc3o2)cc1. The van der Waals surface area contributed by atoms with E-state index in [4.69, 9.17) is 13.9 Å². The van der Waals surface area contributed by atoms with Gasteiger partial charge in [-0.05, 0) is 79.4 Å². The largest absolute Gasteiger partial charge is 0.494 e. The molecule has 0 radical (unpaired) electrons. The first-order valence-electron chi connectivity index (χ1n) is 11.2. The molecule has 1 aromatic heterocycles. The Balaban J connectivity index is 1.37. The van der Waals surface area contributed by atoms with Crippen molar-refractivity contribution in [2.45, 2.75) is 33.1 Å². The van der Waals surface area contributed by atoms with E-state index in [-0.39, 0.29) is 12.5 Å². The van der Waals surface area contributed by atoms with Crippen molar-refractivity contribution >= 4 is 22.7 Å². The number of benzene rings is 3. The number of amides is 1. The van der Waals surface area contributed by atoms with Crippen LogP contribution in [-0.4, -0.2) is 24.1 Å². The number of rotatable bonds is 9. The molecule has 1 atom stereocenters. The van der Waals surface area contributed by atoms with Crippen LogP contribution < -0.4 is 14.8 Å². The van der Waals surface area contributed by atoms with Gasteiger partial charge in [0.1, 0.15) is 17.0 Å². The van der Waals surface area contributed by atoms with Crippen LogP contribution in [0, 0.1) is 0 Å². The number of oxazole rings is 1. The van der Waals surface area contributed by atoms with E-state index >= 15 is 0 Å². The third-order valence-electron chi connectivity index (χ3n) is 5.52. The van der Waals surface area contributed by atoms with E-state index in [1.54, 1.807) is 18.2 Å². The van der Waals surface area contributed by atoms with Gasteiger partial charge in [0.2, 0.25) is 5.89 Å². The lowest BCUT2D eigenvalue weighted by Crippen LogP contribution is -2.20. The fraction of sp³-hybridized carbons (Fsp3) is 0.259. The molecule has 3 aromatic carbocycles. The first-order chi connectivity index (χ1) is 16.1. The topological polar surface area (TPSA) is 73.6 Å². The fourth-order valence-electron chi connectivity index (χ4n) is 3.46. The zero-order valence-electron chi connectivity index (χ0n) is 19.1. The molecule has 0 fully saturated rings. The number of hydrogen-bond donors (Lipinski definition) is 1. The van der Waals surface area contributed by atoms with Crippen molar-refractivity contribution in [3.05, 3.63) is 72.3 Å². The Morgan fingerprint density at radius 2 is 1.67 bits per heavy atom. The number of aromatic nitrogens is 1. The predicted molar refractivity (Wildman–Crippen MR) is 130 cm³/mol. The van der Waals surface area contributed by atoms with Gasteiger partial charge in [-0.2, -0.15) is 0 Å². The van der Waals surface area contributed by atoms with Gasteiger partial charge in [-0.15, -0.1) is 0 Å². The summed E-state index contributed by atoms with van der Waals surface area (Å²) in [6.07, 6.45) is 1.08. The highest BCUT2D eigenvalue weighted by Crippen LogP contribution is 2.27. The minimum absolute atomic E-state index is 0.0725. The van der Waals surface area contributed by atoms with Crippen molar-refractivity contribution < 1.29 is 18.7 Å². The average molecular weight is 445 g/mol. The smallest absolute Gasteiger partial charge is 0.262 e. The van der Waals surface area contributed by atoms with E-state index in [0.717, 1.165) is 17.7 Å². The van der Waals surface area contributed by atoms with Crippen LogP contribution >= 0.6 is 0 Å². The first kappa shape index (κ1) is 22.4. The Kier molecular flexibility index (Phi) is 6.93. The minimum atomic E-state index is -0.240. The van der Waals surface area contributed by atoms with Gasteiger partial charge < -0.3 is 19.2 Å². The lowest BCUT2D eigenvalue weighted by Gasteiger charge is -2.11. The molecule has 33 heavy (non-hydrogen) atoms. The summed E-state index contributed by atoms with van der Waals surface area (Å²) in [5.74, 6) is 2.25. The highest BCUT2D eigenvalue weighted by molar-refractivity contribution is 5.94. The monoisotopic (exact) mass is 444 g/mol. The van der Waals surface area contributed by atoms with Gasteiger partial charge in [0, 0.05) is 11.3 Å². The highest BCUT2D eigenvalue weighted by Gasteiger charge is 2.11. The molecule has 0 saturated heterocycles. The Hall–Kier alpha value is -3.80. The van der Waals surface area contributed by atoms with Crippen molar-refractivity contribution in [3.8, 4) is 23.0 Å². The molecule has 0 saturated carbocycles. The number of carbonyl (C=O) groups is 1. The number of anilines is 1. The molecule has 0 aliphatic heterocycles. The second kappa shape index (κ2) is 10.2. The molecular weight excluding hydrogens is 416 g/mol. The Bertz CT molecular complexity index is 1210. The van der Waals surface area contributed by atoms with Crippen molar-refractivity contribution in [2.75, 3.05) is 18.5 Å². The molecule has 1 amide bonds. The van der Waals surface area contributed by atoms with Gasteiger partial charge >= 0.3 is 0 Å². The van der Waals surface area contributed by atoms with E-state index in [1.807, 2.05) is 55.5 Å². The second-order valence-corrected chi connectivity index (χ2v) is 7.87. The molecule has 0 bridgehead atoms. The summed E-state index contributed by atoms with van der Waals surface area (Å²) in [5, 5.41) is 2.85. The third-order valence-corrected chi connectivity index (χ3v) is 5.52. The van der Waals surface area contributed by atoms with Crippen LogP contribution in [0.2, 0.25) is 0 Å². The lowest BCUT2D eigenvalue weighted by atomic mass is 9.99. The molecule has 0 aliphatic rings. The van der Waals surface area contributed by atoms with Crippen molar-refractivity contribution in [1.82, 2.24) is 4.98 Å². The molecule has 1 heterocycles. The van der Waals surface area contributed by atoms with E-state index in [2.05, 4.69) is 24.1 Å². The van der Waals surface area contributed by atoms with Gasteiger partial charge in [-0.1, -0.05) is 26.0 Å². The molecule has 0 spiro atoms. The minimum Gasteiger partial charge on any atom is -0.494 e. The number of hydrogen-bond acceptors (Lipinski definition) is 5. The Labute approximate surface area is 193 Å². The van der Waals surface area contributed by atoms with Crippen LogP contribution in [0.4, 0.5) is 5.69 Å². The number of carbonyl (C=O) groups excluding carboxylic acids is 1. The lowest BCUT2D eigenvalue weighted by molar-refractivity contribution is -0.118. The number of ether oxygens (including phenoxy) is 2. The normalized spacial score (nSPS) is 11.8. The molecule has 6 nitrogen and oxygen atoms in total. The molecule has 170 valence electrons. The molecule has 4 rings (SSSR count). The van der Waals surface area contributed by atoms with Crippen LogP contribution in [0.1, 0.15) is 38.7 Å². The molecule has 1 N–H and O–H groups in total. The van der Waals surface area contributed by atoms with E-state index < -0.39 is 0 Å². The summed E-state index contributed by atoms with van der Waals surface area (Å²) >= 11 is 0.